The molecule has 0 radical (unpaired) electrons. The van der Waals surface area contributed by atoms with Gasteiger partial charge in [-0.1, -0.05) is 31.2 Å². The van der Waals surface area contributed by atoms with Gasteiger partial charge in [-0.3, -0.25) is 0 Å². The zero-order valence-electron chi connectivity index (χ0n) is 13.7. The minimum atomic E-state index is -3.33. The molecule has 1 unspecified atom stereocenters. The largest absolute Gasteiger partial charge is 0.334 e. The topological polar surface area (TPSA) is 78.5 Å². The molecule has 128 valence electrons. The van der Waals surface area contributed by atoms with E-state index in [1.807, 2.05) is 17.0 Å². The summed E-state index contributed by atoms with van der Waals surface area (Å²) in [5.41, 5.74) is 1.53. The molecule has 0 aromatic heterocycles. The van der Waals surface area contributed by atoms with Crippen LogP contribution in [0.2, 0.25) is 0 Å². The van der Waals surface area contributed by atoms with Gasteiger partial charge in [-0.25, -0.2) is 17.9 Å². The molecule has 2 rings (SSSR count). The molecule has 0 spiro atoms. The van der Waals surface area contributed by atoms with Crippen LogP contribution >= 0.6 is 0 Å². The molecule has 1 aliphatic rings. The number of benzene rings is 1. The van der Waals surface area contributed by atoms with Gasteiger partial charge in [0.25, 0.3) is 0 Å². The van der Waals surface area contributed by atoms with E-state index in [-0.39, 0.29) is 11.8 Å². The first-order chi connectivity index (χ1) is 10.9. The molecule has 23 heavy (non-hydrogen) atoms. The molecule has 7 heteroatoms. The number of carbonyl (C=O) groups is 1. The minimum absolute atomic E-state index is 0.0807. The van der Waals surface area contributed by atoms with Gasteiger partial charge in [-0.2, -0.15) is 0 Å². The summed E-state index contributed by atoms with van der Waals surface area (Å²) < 4.78 is 25.8. The lowest BCUT2D eigenvalue weighted by Gasteiger charge is -2.31. The fraction of sp³-hybridized carbons (Fsp3) is 0.562. The van der Waals surface area contributed by atoms with Crippen LogP contribution in [0, 0.1) is 5.92 Å². The number of sulfonamides is 1. The molecule has 1 fully saturated rings. The number of rotatable bonds is 5. The van der Waals surface area contributed by atoms with Crippen LogP contribution in [0.15, 0.2) is 24.3 Å². The monoisotopic (exact) mass is 339 g/mol. The number of amides is 2. The van der Waals surface area contributed by atoms with Gasteiger partial charge in [0, 0.05) is 19.6 Å². The van der Waals surface area contributed by atoms with Crippen molar-refractivity contribution in [3.05, 3.63) is 35.4 Å². The molecular weight excluding hydrogens is 314 g/mol. The second-order valence-electron chi connectivity index (χ2n) is 6.08. The number of nitrogens with zero attached hydrogens (tertiary/aromatic N) is 1. The highest BCUT2D eigenvalue weighted by molar-refractivity contribution is 7.88. The number of urea groups is 1. The fourth-order valence-electron chi connectivity index (χ4n) is 2.80. The van der Waals surface area contributed by atoms with Crippen molar-refractivity contribution in [2.45, 2.75) is 32.1 Å². The number of piperidine rings is 1. The minimum Gasteiger partial charge on any atom is -0.334 e. The second kappa shape index (κ2) is 7.79. The van der Waals surface area contributed by atoms with E-state index in [1.54, 1.807) is 12.1 Å². The highest BCUT2D eigenvalue weighted by Gasteiger charge is 2.21. The number of carbonyl (C=O) groups excluding carboxylic acids is 1. The molecule has 2 N–H and O–H groups in total. The Kier molecular flexibility index (Phi) is 6.01. The van der Waals surface area contributed by atoms with E-state index < -0.39 is 10.0 Å². The van der Waals surface area contributed by atoms with Crippen molar-refractivity contribution in [1.82, 2.24) is 14.9 Å². The van der Waals surface area contributed by atoms with Crippen LogP contribution in [0.1, 0.15) is 30.9 Å². The lowest BCUT2D eigenvalue weighted by Crippen LogP contribution is -2.44. The van der Waals surface area contributed by atoms with Crippen molar-refractivity contribution < 1.29 is 13.2 Å². The van der Waals surface area contributed by atoms with Crippen LogP contribution in [-0.4, -0.2) is 39.5 Å². The molecule has 1 saturated heterocycles. The van der Waals surface area contributed by atoms with Gasteiger partial charge in [0.05, 0.1) is 5.75 Å². The lowest BCUT2D eigenvalue weighted by molar-refractivity contribution is 0.169. The standard InChI is InChI=1S/C16H25N3O3S/c1-13-6-5-9-19(11-13)16(20)18-10-14-7-3-4-8-15(14)12-23(21,22)17-2/h3-4,7-8,13,17H,5-6,9-12H2,1-2H3,(H,18,20). The summed E-state index contributed by atoms with van der Waals surface area (Å²) >= 11 is 0. The van der Waals surface area contributed by atoms with Crippen LogP contribution in [0.5, 0.6) is 0 Å². The maximum absolute atomic E-state index is 12.3. The van der Waals surface area contributed by atoms with Crippen LogP contribution in [0.4, 0.5) is 4.79 Å². The Morgan fingerprint density at radius 1 is 1.30 bits per heavy atom. The highest BCUT2D eigenvalue weighted by Crippen LogP contribution is 2.16. The molecule has 0 aliphatic carbocycles. The third-order valence-corrected chi connectivity index (χ3v) is 5.46. The first-order valence-corrected chi connectivity index (χ1v) is 9.57. The van der Waals surface area contributed by atoms with Crippen molar-refractivity contribution >= 4 is 16.1 Å². The Morgan fingerprint density at radius 2 is 2.00 bits per heavy atom. The van der Waals surface area contributed by atoms with Crippen LogP contribution < -0.4 is 10.0 Å². The maximum atomic E-state index is 12.3. The van der Waals surface area contributed by atoms with Gasteiger partial charge in [0.1, 0.15) is 0 Å². The number of nitrogens with one attached hydrogen (secondary N) is 2. The summed E-state index contributed by atoms with van der Waals surface area (Å²) in [6, 6.07) is 7.19. The molecule has 0 saturated carbocycles. The molecule has 1 heterocycles. The second-order valence-corrected chi connectivity index (χ2v) is 8.01. The van der Waals surface area contributed by atoms with Crippen LogP contribution in [-0.2, 0) is 22.3 Å². The zero-order chi connectivity index (χ0) is 16.9. The highest BCUT2D eigenvalue weighted by atomic mass is 32.2. The molecule has 2 amide bonds. The first-order valence-electron chi connectivity index (χ1n) is 7.92. The summed E-state index contributed by atoms with van der Waals surface area (Å²) in [5.74, 6) is 0.443. The van der Waals surface area contributed by atoms with E-state index in [9.17, 15) is 13.2 Å². The summed E-state index contributed by atoms with van der Waals surface area (Å²) in [6.07, 6.45) is 2.19. The Bertz CT molecular complexity index is 646. The Hall–Kier alpha value is -1.60. The first kappa shape index (κ1) is 17.7. The van der Waals surface area contributed by atoms with Crippen molar-refractivity contribution in [1.29, 1.82) is 0 Å². The van der Waals surface area contributed by atoms with E-state index in [2.05, 4.69) is 17.0 Å². The van der Waals surface area contributed by atoms with Crippen LogP contribution in [0.25, 0.3) is 0 Å². The Labute approximate surface area is 138 Å². The van der Waals surface area contributed by atoms with Crippen molar-refractivity contribution in [3.8, 4) is 0 Å². The summed E-state index contributed by atoms with van der Waals surface area (Å²) in [6.45, 7) is 4.05. The Balaban J connectivity index is 1.99. The average molecular weight is 339 g/mol. The molecule has 1 aromatic carbocycles. The van der Waals surface area contributed by atoms with Crippen molar-refractivity contribution in [2.75, 3.05) is 20.1 Å². The number of hydrogen-bond donors (Lipinski definition) is 2. The third-order valence-electron chi connectivity index (χ3n) is 4.15. The van der Waals surface area contributed by atoms with Gasteiger partial charge in [0.2, 0.25) is 10.0 Å². The van der Waals surface area contributed by atoms with Gasteiger partial charge in [-0.05, 0) is 36.9 Å². The molecular formula is C16H25N3O3S. The smallest absolute Gasteiger partial charge is 0.317 e. The predicted octanol–water partition coefficient (Wildman–Crippen LogP) is 1.68. The quantitative estimate of drug-likeness (QED) is 0.857. The molecule has 1 aliphatic heterocycles. The lowest BCUT2D eigenvalue weighted by atomic mass is 10.0. The normalized spacial score (nSPS) is 18.7. The summed E-state index contributed by atoms with van der Waals surface area (Å²) in [4.78, 5) is 14.1. The molecule has 1 aromatic rings. The van der Waals surface area contributed by atoms with Crippen molar-refractivity contribution in [2.24, 2.45) is 5.92 Å². The molecule has 6 nitrogen and oxygen atoms in total. The van der Waals surface area contributed by atoms with E-state index in [0.29, 0.717) is 18.0 Å². The van der Waals surface area contributed by atoms with E-state index in [1.165, 1.54) is 7.05 Å². The molecule has 1 atom stereocenters. The van der Waals surface area contributed by atoms with Crippen molar-refractivity contribution in [3.63, 3.8) is 0 Å². The van der Waals surface area contributed by atoms with Crippen LogP contribution in [0.3, 0.4) is 0 Å². The number of hydrogen-bond acceptors (Lipinski definition) is 3. The molecule has 0 bridgehead atoms. The average Bonchev–Trinajstić information content (AvgIpc) is 2.53. The van der Waals surface area contributed by atoms with E-state index >= 15 is 0 Å². The zero-order valence-corrected chi connectivity index (χ0v) is 14.5. The predicted molar refractivity (Wildman–Crippen MR) is 90.3 cm³/mol. The SMILES string of the molecule is CNS(=O)(=O)Cc1ccccc1CNC(=O)N1CCCC(C)C1. The van der Waals surface area contributed by atoms with Gasteiger partial charge in [0.15, 0.2) is 0 Å². The number of likely N-dealkylation sites (tertiary alicyclic amines) is 1. The third kappa shape index (κ3) is 5.21. The van der Waals surface area contributed by atoms with Gasteiger partial charge < -0.3 is 10.2 Å². The fourth-order valence-corrected chi connectivity index (χ4v) is 3.64. The van der Waals surface area contributed by atoms with E-state index in [4.69, 9.17) is 0 Å². The summed E-state index contributed by atoms with van der Waals surface area (Å²) in [7, 11) is -1.93. The maximum Gasteiger partial charge on any atom is 0.317 e. The van der Waals surface area contributed by atoms with Gasteiger partial charge >= 0.3 is 6.03 Å². The van der Waals surface area contributed by atoms with E-state index in [0.717, 1.165) is 31.5 Å². The van der Waals surface area contributed by atoms with Gasteiger partial charge in [-0.15, -0.1) is 0 Å². The summed E-state index contributed by atoms with van der Waals surface area (Å²) in [5, 5.41) is 2.91. The Morgan fingerprint density at radius 3 is 2.65 bits per heavy atom.